The summed E-state index contributed by atoms with van der Waals surface area (Å²) in [6.07, 6.45) is 3.99. The van der Waals surface area contributed by atoms with E-state index in [9.17, 15) is 0 Å². The van der Waals surface area contributed by atoms with Crippen LogP contribution in [0.2, 0.25) is 0 Å². The van der Waals surface area contributed by atoms with E-state index in [1.807, 2.05) is 0 Å². The fourth-order valence-corrected chi connectivity index (χ4v) is 3.88. The molecule has 104 valence electrons. The predicted octanol–water partition coefficient (Wildman–Crippen LogP) is 3.82. The Bertz CT molecular complexity index is 460. The minimum atomic E-state index is 0.670. The zero-order chi connectivity index (χ0) is 13.4. The van der Waals surface area contributed by atoms with Crippen molar-refractivity contribution < 1.29 is 0 Å². The molecule has 2 fully saturated rings. The van der Waals surface area contributed by atoms with Gasteiger partial charge in [0.15, 0.2) is 0 Å². The van der Waals surface area contributed by atoms with Gasteiger partial charge in [0.25, 0.3) is 0 Å². The quantitative estimate of drug-likeness (QED) is 0.816. The lowest BCUT2D eigenvalue weighted by atomic mass is 10.0. The lowest BCUT2D eigenvalue weighted by Gasteiger charge is -2.45. The van der Waals surface area contributed by atoms with Crippen LogP contribution in [0.3, 0.4) is 0 Å². The van der Waals surface area contributed by atoms with Crippen molar-refractivity contribution in [3.8, 4) is 0 Å². The van der Waals surface area contributed by atoms with E-state index in [2.05, 4.69) is 57.8 Å². The summed E-state index contributed by atoms with van der Waals surface area (Å²) in [5.74, 6) is 0. The number of rotatable bonds is 2. The molecule has 2 atom stereocenters. The summed E-state index contributed by atoms with van der Waals surface area (Å²) in [5.41, 5.74) is 2.70. The van der Waals surface area contributed by atoms with Crippen LogP contribution in [0.25, 0.3) is 0 Å². The molecule has 2 heterocycles. The van der Waals surface area contributed by atoms with Gasteiger partial charge < -0.3 is 4.90 Å². The van der Waals surface area contributed by atoms with Crippen LogP contribution < -0.4 is 4.90 Å². The molecule has 2 unspecified atom stereocenters. The van der Waals surface area contributed by atoms with Crippen molar-refractivity contribution in [1.29, 1.82) is 0 Å². The van der Waals surface area contributed by atoms with E-state index in [0.717, 1.165) is 6.04 Å². The molecular weight excluding hydrogens is 300 g/mol. The molecule has 1 aromatic rings. The lowest BCUT2D eigenvalue weighted by Crippen LogP contribution is -2.56. The Balaban J connectivity index is 1.86. The highest BCUT2D eigenvalue weighted by atomic mass is 79.9. The first-order chi connectivity index (χ1) is 9.19. The summed E-state index contributed by atoms with van der Waals surface area (Å²) < 4.78 is 1.23. The zero-order valence-corrected chi connectivity index (χ0v) is 13.5. The topological polar surface area (TPSA) is 6.48 Å². The van der Waals surface area contributed by atoms with Gasteiger partial charge in [-0.2, -0.15) is 0 Å². The number of piperazine rings is 1. The molecule has 2 aliphatic rings. The first-order valence-electron chi connectivity index (χ1n) is 7.46. The van der Waals surface area contributed by atoms with Gasteiger partial charge in [-0.25, -0.2) is 0 Å². The van der Waals surface area contributed by atoms with Crippen molar-refractivity contribution in [3.05, 3.63) is 28.2 Å². The van der Waals surface area contributed by atoms with E-state index in [4.69, 9.17) is 0 Å². The highest BCUT2D eigenvalue weighted by molar-refractivity contribution is 9.10. The van der Waals surface area contributed by atoms with E-state index in [1.54, 1.807) is 0 Å². The first-order valence-corrected chi connectivity index (χ1v) is 8.25. The summed E-state index contributed by atoms with van der Waals surface area (Å²) in [7, 11) is 0. The summed E-state index contributed by atoms with van der Waals surface area (Å²) in [6, 6.07) is 8.26. The fourth-order valence-electron chi connectivity index (χ4n) is 3.51. The maximum absolute atomic E-state index is 3.67. The second-order valence-electron chi connectivity index (χ2n) is 5.94. The number of benzene rings is 1. The third kappa shape index (κ3) is 2.55. The monoisotopic (exact) mass is 322 g/mol. The Labute approximate surface area is 124 Å². The molecule has 19 heavy (non-hydrogen) atoms. The highest BCUT2D eigenvalue weighted by Crippen LogP contribution is 2.31. The van der Waals surface area contributed by atoms with Crippen molar-refractivity contribution >= 4 is 21.6 Å². The molecule has 2 saturated heterocycles. The summed E-state index contributed by atoms with van der Waals surface area (Å²) >= 11 is 3.67. The van der Waals surface area contributed by atoms with E-state index in [0.29, 0.717) is 6.04 Å². The second-order valence-corrected chi connectivity index (χ2v) is 6.79. The standard InChI is InChI=1S/C16H23BrN2/c1-3-13-10-18-8-4-5-15(18)11-19(13)14-7-6-12(2)16(17)9-14/h6-7,9,13,15H,3-5,8,10-11H2,1-2H3. The minimum absolute atomic E-state index is 0.670. The molecule has 0 aromatic heterocycles. The molecule has 0 bridgehead atoms. The van der Waals surface area contributed by atoms with Crippen LogP contribution in [-0.2, 0) is 0 Å². The molecule has 0 aliphatic carbocycles. The van der Waals surface area contributed by atoms with Crippen LogP contribution in [0.1, 0.15) is 31.7 Å². The van der Waals surface area contributed by atoms with Crippen LogP contribution in [0.15, 0.2) is 22.7 Å². The van der Waals surface area contributed by atoms with Crippen LogP contribution in [0, 0.1) is 6.92 Å². The SMILES string of the molecule is CCC1CN2CCCC2CN1c1ccc(C)c(Br)c1. The average molecular weight is 323 g/mol. The van der Waals surface area contributed by atoms with Crippen LogP contribution in [-0.4, -0.2) is 36.6 Å². The van der Waals surface area contributed by atoms with Gasteiger partial charge in [-0.3, -0.25) is 4.90 Å². The molecule has 3 heteroatoms. The summed E-state index contributed by atoms with van der Waals surface area (Å²) in [6.45, 7) is 8.23. The number of halogens is 1. The first kappa shape index (κ1) is 13.4. The molecule has 0 amide bonds. The number of fused-ring (bicyclic) bond motifs is 1. The molecule has 0 radical (unpaired) electrons. The van der Waals surface area contributed by atoms with Crippen molar-refractivity contribution in [2.75, 3.05) is 24.5 Å². The predicted molar refractivity (Wildman–Crippen MR) is 84.9 cm³/mol. The molecule has 0 spiro atoms. The van der Waals surface area contributed by atoms with Crippen LogP contribution in [0.4, 0.5) is 5.69 Å². The number of anilines is 1. The Morgan fingerprint density at radius 1 is 1.32 bits per heavy atom. The van der Waals surface area contributed by atoms with Crippen LogP contribution in [0.5, 0.6) is 0 Å². The van der Waals surface area contributed by atoms with Gasteiger partial charge in [-0.05, 0) is 50.4 Å². The molecule has 2 nitrogen and oxygen atoms in total. The molecule has 2 aliphatic heterocycles. The molecule has 0 N–H and O–H groups in total. The molecule has 1 aromatic carbocycles. The third-order valence-corrected chi connectivity index (χ3v) is 5.61. The maximum atomic E-state index is 3.67. The number of hydrogen-bond donors (Lipinski definition) is 0. The van der Waals surface area contributed by atoms with Gasteiger partial charge in [0.2, 0.25) is 0 Å². The number of nitrogens with zero attached hydrogens (tertiary/aromatic N) is 2. The van der Waals surface area contributed by atoms with E-state index >= 15 is 0 Å². The lowest BCUT2D eigenvalue weighted by molar-refractivity contribution is 0.194. The van der Waals surface area contributed by atoms with E-state index < -0.39 is 0 Å². The van der Waals surface area contributed by atoms with Gasteiger partial charge in [-0.1, -0.05) is 28.9 Å². The third-order valence-electron chi connectivity index (χ3n) is 4.75. The van der Waals surface area contributed by atoms with Crippen molar-refractivity contribution in [1.82, 2.24) is 4.90 Å². The number of aryl methyl sites for hydroxylation is 1. The smallest absolute Gasteiger partial charge is 0.0415 e. The Morgan fingerprint density at radius 2 is 2.16 bits per heavy atom. The summed E-state index contributed by atoms with van der Waals surface area (Å²) in [5, 5.41) is 0. The number of hydrogen-bond acceptors (Lipinski definition) is 2. The van der Waals surface area contributed by atoms with Gasteiger partial charge in [0.1, 0.15) is 0 Å². The molecule has 3 rings (SSSR count). The van der Waals surface area contributed by atoms with Gasteiger partial charge >= 0.3 is 0 Å². The van der Waals surface area contributed by atoms with Crippen LogP contribution >= 0.6 is 15.9 Å². The maximum Gasteiger partial charge on any atom is 0.0415 e. The summed E-state index contributed by atoms with van der Waals surface area (Å²) in [4.78, 5) is 5.34. The molecule has 0 saturated carbocycles. The zero-order valence-electron chi connectivity index (χ0n) is 11.9. The normalized spacial score (nSPS) is 27.6. The van der Waals surface area contributed by atoms with Crippen molar-refractivity contribution in [2.45, 2.75) is 45.2 Å². The van der Waals surface area contributed by atoms with Gasteiger partial charge in [0, 0.05) is 35.3 Å². The van der Waals surface area contributed by atoms with Gasteiger partial charge in [-0.15, -0.1) is 0 Å². The minimum Gasteiger partial charge on any atom is -0.366 e. The Morgan fingerprint density at radius 3 is 2.89 bits per heavy atom. The largest absolute Gasteiger partial charge is 0.366 e. The fraction of sp³-hybridized carbons (Fsp3) is 0.625. The van der Waals surface area contributed by atoms with E-state index in [-0.39, 0.29) is 0 Å². The van der Waals surface area contributed by atoms with Gasteiger partial charge in [0.05, 0.1) is 0 Å². The Kier molecular flexibility index (Phi) is 3.86. The second kappa shape index (κ2) is 5.45. The molecular formula is C16H23BrN2. The Hall–Kier alpha value is -0.540. The highest BCUT2D eigenvalue weighted by Gasteiger charge is 2.35. The average Bonchev–Trinajstić information content (AvgIpc) is 2.87. The van der Waals surface area contributed by atoms with Crippen molar-refractivity contribution in [2.24, 2.45) is 0 Å². The van der Waals surface area contributed by atoms with Crippen molar-refractivity contribution in [3.63, 3.8) is 0 Å². The van der Waals surface area contributed by atoms with E-state index in [1.165, 1.54) is 54.6 Å².